The molecule has 0 aliphatic carbocycles. The molecule has 0 radical (unpaired) electrons. The molecule has 0 atom stereocenters. The first-order valence-electron chi connectivity index (χ1n) is 7.46. The Labute approximate surface area is 140 Å². The number of hydrogen-bond acceptors (Lipinski definition) is 3. The molecule has 0 amide bonds. The standard InChI is InChI=1S/C17H19N5O2/c1-11-3-2-4-13(7-11)21-17(22-16(18)19)20-9-12-5-6-14-15(8-12)24-10-23-14/h2-8H,9-10H2,1H3,(H5,18,19,20,21,22). The number of ether oxygens (including phenoxy) is 2. The highest BCUT2D eigenvalue weighted by molar-refractivity contribution is 6.01. The molecule has 0 fully saturated rings. The number of rotatable bonds is 3. The third-order valence-corrected chi connectivity index (χ3v) is 3.36. The van der Waals surface area contributed by atoms with Crippen LogP contribution in [0, 0.1) is 6.92 Å². The summed E-state index contributed by atoms with van der Waals surface area (Å²) in [5.41, 5.74) is 13.9. The van der Waals surface area contributed by atoms with E-state index in [1.54, 1.807) is 0 Å². The third-order valence-electron chi connectivity index (χ3n) is 3.36. The molecule has 0 aromatic heterocycles. The predicted molar refractivity (Wildman–Crippen MR) is 94.3 cm³/mol. The highest BCUT2D eigenvalue weighted by Crippen LogP contribution is 2.32. The number of aliphatic imine (C=N–C) groups is 2. The van der Waals surface area contributed by atoms with Crippen LogP contribution in [-0.4, -0.2) is 18.7 Å². The van der Waals surface area contributed by atoms with Gasteiger partial charge in [-0.2, -0.15) is 4.99 Å². The fraction of sp³-hybridized carbons (Fsp3) is 0.176. The molecule has 5 N–H and O–H groups in total. The second-order valence-electron chi connectivity index (χ2n) is 5.36. The summed E-state index contributed by atoms with van der Waals surface area (Å²) in [5, 5.41) is 3.12. The van der Waals surface area contributed by atoms with Crippen molar-refractivity contribution in [3.63, 3.8) is 0 Å². The van der Waals surface area contributed by atoms with Gasteiger partial charge in [-0.15, -0.1) is 0 Å². The molecule has 1 heterocycles. The third kappa shape index (κ3) is 3.95. The van der Waals surface area contributed by atoms with Crippen LogP contribution >= 0.6 is 0 Å². The molecule has 124 valence electrons. The SMILES string of the molecule is Cc1cccc(NC(N=C(N)N)=NCc2ccc3c(c2)OCO3)c1. The van der Waals surface area contributed by atoms with Gasteiger partial charge in [-0.25, -0.2) is 4.99 Å². The van der Waals surface area contributed by atoms with Crippen LogP contribution in [0.1, 0.15) is 11.1 Å². The predicted octanol–water partition coefficient (Wildman–Crippen LogP) is 1.97. The van der Waals surface area contributed by atoms with Gasteiger partial charge in [0.15, 0.2) is 17.5 Å². The Balaban J connectivity index is 1.78. The summed E-state index contributed by atoms with van der Waals surface area (Å²) >= 11 is 0. The number of aryl methyl sites for hydroxylation is 1. The maximum absolute atomic E-state index is 5.49. The van der Waals surface area contributed by atoms with E-state index in [-0.39, 0.29) is 12.8 Å². The number of fused-ring (bicyclic) bond motifs is 1. The van der Waals surface area contributed by atoms with Crippen molar-refractivity contribution in [3.05, 3.63) is 53.6 Å². The molecule has 1 aliphatic heterocycles. The lowest BCUT2D eigenvalue weighted by Gasteiger charge is -2.07. The van der Waals surface area contributed by atoms with E-state index >= 15 is 0 Å². The highest BCUT2D eigenvalue weighted by Gasteiger charge is 2.13. The Bertz CT molecular complexity index is 797. The number of nitrogens with two attached hydrogens (primary N) is 2. The van der Waals surface area contributed by atoms with Crippen LogP contribution in [0.15, 0.2) is 52.4 Å². The van der Waals surface area contributed by atoms with Crippen molar-refractivity contribution in [1.82, 2.24) is 0 Å². The Morgan fingerprint density at radius 3 is 2.75 bits per heavy atom. The molecule has 0 saturated carbocycles. The molecule has 3 rings (SSSR count). The summed E-state index contributed by atoms with van der Waals surface area (Å²) < 4.78 is 10.7. The Morgan fingerprint density at radius 2 is 1.96 bits per heavy atom. The van der Waals surface area contributed by atoms with Crippen molar-refractivity contribution >= 4 is 17.6 Å². The number of hydrogen-bond donors (Lipinski definition) is 3. The van der Waals surface area contributed by atoms with E-state index < -0.39 is 0 Å². The zero-order chi connectivity index (χ0) is 16.9. The minimum absolute atomic E-state index is 0.0559. The monoisotopic (exact) mass is 325 g/mol. The quantitative estimate of drug-likeness (QED) is 0.591. The zero-order valence-electron chi connectivity index (χ0n) is 13.3. The molecule has 0 spiro atoms. The number of benzene rings is 2. The first kappa shape index (κ1) is 15.7. The van der Waals surface area contributed by atoms with Crippen molar-refractivity contribution in [2.45, 2.75) is 13.5 Å². The number of anilines is 1. The lowest BCUT2D eigenvalue weighted by atomic mass is 10.2. The molecular weight excluding hydrogens is 306 g/mol. The van der Waals surface area contributed by atoms with Gasteiger partial charge in [-0.1, -0.05) is 18.2 Å². The van der Waals surface area contributed by atoms with Gasteiger partial charge in [0.05, 0.1) is 6.54 Å². The van der Waals surface area contributed by atoms with Crippen LogP contribution in [0.2, 0.25) is 0 Å². The van der Waals surface area contributed by atoms with E-state index in [1.807, 2.05) is 49.4 Å². The Kier molecular flexibility index (Phi) is 4.51. The average Bonchev–Trinajstić information content (AvgIpc) is 3.00. The lowest BCUT2D eigenvalue weighted by molar-refractivity contribution is 0.174. The van der Waals surface area contributed by atoms with E-state index in [2.05, 4.69) is 15.3 Å². The first-order chi connectivity index (χ1) is 11.6. The van der Waals surface area contributed by atoms with Crippen LogP contribution in [0.25, 0.3) is 0 Å². The van der Waals surface area contributed by atoms with E-state index in [0.717, 1.165) is 28.3 Å². The smallest absolute Gasteiger partial charge is 0.231 e. The summed E-state index contributed by atoms with van der Waals surface area (Å²) in [6, 6.07) is 13.5. The van der Waals surface area contributed by atoms with Crippen molar-refractivity contribution in [1.29, 1.82) is 0 Å². The molecule has 7 nitrogen and oxygen atoms in total. The Hall–Kier alpha value is -3.22. The fourth-order valence-electron chi connectivity index (χ4n) is 2.28. The second-order valence-corrected chi connectivity index (χ2v) is 5.36. The van der Waals surface area contributed by atoms with Gasteiger partial charge in [0.25, 0.3) is 0 Å². The minimum Gasteiger partial charge on any atom is -0.454 e. The minimum atomic E-state index is -0.0559. The first-order valence-corrected chi connectivity index (χ1v) is 7.46. The van der Waals surface area contributed by atoms with Crippen LogP contribution in [-0.2, 0) is 6.54 Å². The Morgan fingerprint density at radius 1 is 1.12 bits per heavy atom. The van der Waals surface area contributed by atoms with Crippen molar-refractivity contribution in [2.24, 2.45) is 21.5 Å². The van der Waals surface area contributed by atoms with Gasteiger partial charge < -0.3 is 26.3 Å². The highest BCUT2D eigenvalue weighted by atomic mass is 16.7. The second kappa shape index (κ2) is 6.91. The molecule has 2 aromatic carbocycles. The number of guanidine groups is 2. The number of nitrogens with zero attached hydrogens (tertiary/aromatic N) is 2. The lowest BCUT2D eigenvalue weighted by Crippen LogP contribution is -2.26. The molecular formula is C17H19N5O2. The van der Waals surface area contributed by atoms with Crippen LogP contribution in [0.4, 0.5) is 5.69 Å². The summed E-state index contributed by atoms with van der Waals surface area (Å²) in [5.74, 6) is 1.75. The number of nitrogens with one attached hydrogen (secondary N) is 1. The van der Waals surface area contributed by atoms with Crippen molar-refractivity contribution in [3.8, 4) is 11.5 Å². The van der Waals surface area contributed by atoms with Crippen molar-refractivity contribution in [2.75, 3.05) is 12.1 Å². The van der Waals surface area contributed by atoms with Gasteiger partial charge in [0.1, 0.15) is 0 Å². The van der Waals surface area contributed by atoms with Gasteiger partial charge in [-0.05, 0) is 42.3 Å². The van der Waals surface area contributed by atoms with Gasteiger partial charge in [-0.3, -0.25) is 0 Å². The average molecular weight is 325 g/mol. The topological polar surface area (TPSA) is 107 Å². The van der Waals surface area contributed by atoms with E-state index in [1.165, 1.54) is 0 Å². The summed E-state index contributed by atoms with van der Waals surface area (Å²) in [6.45, 7) is 2.66. The van der Waals surface area contributed by atoms with Crippen LogP contribution in [0.3, 0.4) is 0 Å². The van der Waals surface area contributed by atoms with E-state index in [4.69, 9.17) is 20.9 Å². The van der Waals surface area contributed by atoms with E-state index in [0.29, 0.717) is 12.5 Å². The maximum Gasteiger partial charge on any atom is 0.231 e. The maximum atomic E-state index is 5.49. The zero-order valence-corrected chi connectivity index (χ0v) is 13.3. The molecule has 7 heteroatoms. The fourth-order valence-corrected chi connectivity index (χ4v) is 2.28. The van der Waals surface area contributed by atoms with Crippen molar-refractivity contribution < 1.29 is 9.47 Å². The summed E-state index contributed by atoms with van der Waals surface area (Å²) in [6.07, 6.45) is 0. The molecule has 1 aliphatic rings. The molecule has 0 unspecified atom stereocenters. The summed E-state index contributed by atoms with van der Waals surface area (Å²) in [7, 11) is 0. The molecule has 24 heavy (non-hydrogen) atoms. The normalized spacial score (nSPS) is 12.8. The van der Waals surface area contributed by atoms with Crippen LogP contribution < -0.4 is 26.3 Å². The van der Waals surface area contributed by atoms with Gasteiger partial charge >= 0.3 is 0 Å². The molecule has 0 saturated heterocycles. The molecule has 2 aromatic rings. The van der Waals surface area contributed by atoms with E-state index in [9.17, 15) is 0 Å². The largest absolute Gasteiger partial charge is 0.454 e. The van der Waals surface area contributed by atoms with Gasteiger partial charge in [0, 0.05) is 5.69 Å². The molecule has 0 bridgehead atoms. The summed E-state index contributed by atoms with van der Waals surface area (Å²) in [4.78, 5) is 8.49. The van der Waals surface area contributed by atoms with Crippen LogP contribution in [0.5, 0.6) is 11.5 Å². The van der Waals surface area contributed by atoms with Gasteiger partial charge in [0.2, 0.25) is 12.8 Å².